The third-order valence-electron chi connectivity index (χ3n) is 6.01. The van der Waals surface area contributed by atoms with Gasteiger partial charge in [-0.05, 0) is 37.5 Å². The number of carbonyl (C=O) groups excluding carboxylic acids is 2. The van der Waals surface area contributed by atoms with E-state index in [1.165, 1.54) is 38.5 Å². The molecular formula is C20H35N3O2. The van der Waals surface area contributed by atoms with Crippen molar-refractivity contribution >= 4 is 11.8 Å². The van der Waals surface area contributed by atoms with E-state index < -0.39 is 0 Å². The maximum atomic E-state index is 12.9. The van der Waals surface area contributed by atoms with E-state index in [2.05, 4.69) is 10.2 Å². The topological polar surface area (TPSA) is 52.7 Å². The molecule has 25 heavy (non-hydrogen) atoms. The van der Waals surface area contributed by atoms with E-state index in [0.29, 0.717) is 5.92 Å². The summed E-state index contributed by atoms with van der Waals surface area (Å²) in [6.45, 7) is 9.92. The number of rotatable bonds is 5. The Bertz CT molecular complexity index is 482. The predicted octanol–water partition coefficient (Wildman–Crippen LogP) is 2.26. The summed E-state index contributed by atoms with van der Waals surface area (Å²) in [6.07, 6.45) is 7.37. The molecular weight excluding hydrogens is 314 g/mol. The van der Waals surface area contributed by atoms with Gasteiger partial charge in [0.25, 0.3) is 0 Å². The summed E-state index contributed by atoms with van der Waals surface area (Å²) in [5, 5.41) is 3.22. The molecule has 3 rings (SSSR count). The first-order valence-electron chi connectivity index (χ1n) is 10.2. The summed E-state index contributed by atoms with van der Waals surface area (Å²) in [5.74, 6) is 1.66. The summed E-state index contributed by atoms with van der Waals surface area (Å²) >= 11 is 0. The van der Waals surface area contributed by atoms with Gasteiger partial charge in [0.1, 0.15) is 0 Å². The van der Waals surface area contributed by atoms with Crippen LogP contribution in [-0.2, 0) is 9.59 Å². The Labute approximate surface area is 152 Å². The number of nitrogens with zero attached hydrogens (tertiary/aromatic N) is 2. The molecule has 3 fully saturated rings. The lowest BCUT2D eigenvalue weighted by molar-refractivity contribution is -0.142. The fourth-order valence-corrected chi connectivity index (χ4v) is 4.30. The van der Waals surface area contributed by atoms with Gasteiger partial charge in [0, 0.05) is 38.1 Å². The van der Waals surface area contributed by atoms with Gasteiger partial charge in [-0.2, -0.15) is 0 Å². The molecule has 2 aliphatic carbocycles. The highest BCUT2D eigenvalue weighted by Crippen LogP contribution is 2.32. The smallest absolute Gasteiger partial charge is 0.237 e. The van der Waals surface area contributed by atoms with Crippen molar-refractivity contribution in [1.29, 1.82) is 0 Å². The largest absolute Gasteiger partial charge is 0.354 e. The van der Waals surface area contributed by atoms with Gasteiger partial charge in [-0.25, -0.2) is 0 Å². The lowest BCUT2D eigenvalue weighted by atomic mass is 9.93. The summed E-state index contributed by atoms with van der Waals surface area (Å²) < 4.78 is 0. The van der Waals surface area contributed by atoms with E-state index in [-0.39, 0.29) is 23.3 Å². The molecule has 1 aliphatic heterocycles. The summed E-state index contributed by atoms with van der Waals surface area (Å²) in [5.41, 5.74) is -0.325. The van der Waals surface area contributed by atoms with E-state index in [1.54, 1.807) is 0 Å². The first kappa shape index (κ1) is 18.7. The zero-order valence-corrected chi connectivity index (χ0v) is 16.2. The second kappa shape index (κ2) is 7.65. The summed E-state index contributed by atoms with van der Waals surface area (Å²) in [7, 11) is 0. The molecule has 1 unspecified atom stereocenters. The van der Waals surface area contributed by atoms with Crippen LogP contribution in [0.3, 0.4) is 0 Å². The van der Waals surface area contributed by atoms with Crippen LogP contribution in [-0.4, -0.2) is 60.4 Å². The van der Waals surface area contributed by atoms with Crippen molar-refractivity contribution in [3.63, 3.8) is 0 Å². The Morgan fingerprint density at radius 1 is 1.00 bits per heavy atom. The van der Waals surface area contributed by atoms with Crippen molar-refractivity contribution in [3.8, 4) is 0 Å². The van der Waals surface area contributed by atoms with E-state index >= 15 is 0 Å². The average molecular weight is 350 g/mol. The fraction of sp³-hybridized carbons (Fsp3) is 0.900. The highest BCUT2D eigenvalue weighted by Gasteiger charge is 2.38. The monoisotopic (exact) mass is 349 g/mol. The van der Waals surface area contributed by atoms with Crippen LogP contribution in [0.5, 0.6) is 0 Å². The van der Waals surface area contributed by atoms with Gasteiger partial charge < -0.3 is 10.2 Å². The van der Waals surface area contributed by atoms with E-state index in [1.807, 2.05) is 25.7 Å². The number of piperazine rings is 1. The molecule has 1 heterocycles. The second-order valence-corrected chi connectivity index (χ2v) is 9.26. The van der Waals surface area contributed by atoms with Crippen LogP contribution in [0.2, 0.25) is 0 Å². The maximum Gasteiger partial charge on any atom is 0.237 e. The van der Waals surface area contributed by atoms with Gasteiger partial charge in [-0.1, -0.05) is 33.6 Å². The quantitative estimate of drug-likeness (QED) is 0.828. The number of hydrogen-bond donors (Lipinski definition) is 1. The van der Waals surface area contributed by atoms with E-state index in [9.17, 15) is 9.59 Å². The minimum atomic E-state index is -0.325. The van der Waals surface area contributed by atoms with Crippen LogP contribution in [0.1, 0.15) is 59.3 Å². The lowest BCUT2D eigenvalue weighted by Crippen LogP contribution is -2.59. The fourth-order valence-electron chi connectivity index (χ4n) is 4.30. The number of carbonyl (C=O) groups is 2. The molecule has 0 aromatic heterocycles. The number of nitrogens with one attached hydrogen (secondary N) is 1. The Hall–Kier alpha value is -1.10. The van der Waals surface area contributed by atoms with Gasteiger partial charge in [-0.3, -0.25) is 14.5 Å². The van der Waals surface area contributed by atoms with Gasteiger partial charge in [0.05, 0.1) is 6.04 Å². The Morgan fingerprint density at radius 3 is 2.12 bits per heavy atom. The van der Waals surface area contributed by atoms with E-state index in [4.69, 9.17) is 0 Å². The molecule has 3 aliphatic rings. The van der Waals surface area contributed by atoms with Crippen molar-refractivity contribution < 1.29 is 9.59 Å². The van der Waals surface area contributed by atoms with Gasteiger partial charge in [0.2, 0.25) is 11.8 Å². The Balaban J connectivity index is 1.59. The summed E-state index contributed by atoms with van der Waals surface area (Å²) in [4.78, 5) is 29.7. The standard InChI is InChI=1S/C20H35N3O2/c1-20(2,3)19(25)23-12-10-22(11-13-23)17(16-6-4-5-7-16)18(24)21-14-15-8-9-15/h15-17H,4-14H2,1-3H3,(H,21,24). The van der Waals surface area contributed by atoms with Crippen LogP contribution < -0.4 is 5.32 Å². The average Bonchev–Trinajstić information content (AvgIpc) is 3.26. The minimum absolute atomic E-state index is 0.00754. The second-order valence-electron chi connectivity index (χ2n) is 9.26. The SMILES string of the molecule is CC(C)(C)C(=O)N1CCN(C(C(=O)NCC2CC2)C2CCCC2)CC1. The molecule has 0 aromatic carbocycles. The molecule has 2 saturated carbocycles. The van der Waals surface area contributed by atoms with Crippen LogP contribution >= 0.6 is 0 Å². The first-order valence-corrected chi connectivity index (χ1v) is 10.2. The highest BCUT2D eigenvalue weighted by molar-refractivity contribution is 5.83. The molecule has 1 saturated heterocycles. The zero-order chi connectivity index (χ0) is 18.0. The predicted molar refractivity (Wildman–Crippen MR) is 99.1 cm³/mol. The maximum absolute atomic E-state index is 12.9. The normalized spacial score (nSPS) is 24.4. The Kier molecular flexibility index (Phi) is 5.71. The van der Waals surface area contributed by atoms with Crippen LogP contribution in [0, 0.1) is 17.3 Å². The third kappa shape index (κ3) is 4.75. The van der Waals surface area contributed by atoms with Crippen molar-refractivity contribution in [2.45, 2.75) is 65.3 Å². The number of hydrogen-bond acceptors (Lipinski definition) is 3. The van der Waals surface area contributed by atoms with Crippen LogP contribution in [0.4, 0.5) is 0 Å². The molecule has 5 nitrogen and oxygen atoms in total. The third-order valence-corrected chi connectivity index (χ3v) is 6.01. The van der Waals surface area contributed by atoms with Crippen molar-refractivity contribution in [2.24, 2.45) is 17.3 Å². The van der Waals surface area contributed by atoms with E-state index in [0.717, 1.165) is 38.6 Å². The summed E-state index contributed by atoms with van der Waals surface area (Å²) in [6, 6.07) is 0.00754. The Morgan fingerprint density at radius 2 is 1.60 bits per heavy atom. The van der Waals surface area contributed by atoms with Crippen molar-refractivity contribution in [1.82, 2.24) is 15.1 Å². The first-order chi connectivity index (χ1) is 11.9. The van der Waals surface area contributed by atoms with Gasteiger partial charge in [0.15, 0.2) is 0 Å². The van der Waals surface area contributed by atoms with Crippen molar-refractivity contribution in [2.75, 3.05) is 32.7 Å². The van der Waals surface area contributed by atoms with Crippen molar-refractivity contribution in [3.05, 3.63) is 0 Å². The highest BCUT2D eigenvalue weighted by atomic mass is 16.2. The van der Waals surface area contributed by atoms with Crippen LogP contribution in [0.25, 0.3) is 0 Å². The molecule has 5 heteroatoms. The zero-order valence-electron chi connectivity index (χ0n) is 16.2. The molecule has 1 atom stereocenters. The number of amides is 2. The lowest BCUT2D eigenvalue weighted by Gasteiger charge is -2.42. The van der Waals surface area contributed by atoms with Gasteiger partial charge >= 0.3 is 0 Å². The molecule has 2 amide bonds. The minimum Gasteiger partial charge on any atom is -0.354 e. The molecule has 0 aromatic rings. The molecule has 142 valence electrons. The molecule has 0 bridgehead atoms. The molecule has 1 N–H and O–H groups in total. The van der Waals surface area contributed by atoms with Crippen LogP contribution in [0.15, 0.2) is 0 Å². The molecule has 0 spiro atoms. The molecule has 0 radical (unpaired) electrons. The van der Waals surface area contributed by atoms with Gasteiger partial charge in [-0.15, -0.1) is 0 Å².